The first-order valence-electron chi connectivity index (χ1n) is 9.87. The van der Waals surface area contributed by atoms with Gasteiger partial charge < -0.3 is 25.0 Å². The molecule has 29 heavy (non-hydrogen) atoms. The Kier molecular flexibility index (Phi) is 8.45. The van der Waals surface area contributed by atoms with Crippen molar-refractivity contribution < 1.29 is 23.9 Å². The Hall–Kier alpha value is -2.61. The van der Waals surface area contributed by atoms with Crippen molar-refractivity contribution >= 4 is 17.7 Å². The van der Waals surface area contributed by atoms with E-state index >= 15 is 0 Å². The molecule has 1 aliphatic rings. The fourth-order valence-electron chi connectivity index (χ4n) is 3.44. The van der Waals surface area contributed by atoms with Crippen molar-refractivity contribution in [2.45, 2.75) is 38.8 Å². The number of ether oxygens (including phenoxy) is 2. The summed E-state index contributed by atoms with van der Waals surface area (Å²) in [6.45, 7) is 4.89. The standard InChI is InChI=1S/C21H31N3O5/c1-14(2)22-21(27)19(15-9-11-24(12-10-15)18(25)13-28-3)23-20(26)16-5-7-17(29-4)8-6-16/h5-8,14-15,19H,9-13H2,1-4H3,(H,22,27)(H,23,26)/t19-/m0/s1. The summed E-state index contributed by atoms with van der Waals surface area (Å²) in [6, 6.07) is 6.04. The summed E-state index contributed by atoms with van der Waals surface area (Å²) in [6.07, 6.45) is 1.27. The molecule has 2 rings (SSSR count). The Morgan fingerprint density at radius 3 is 2.21 bits per heavy atom. The molecule has 1 aromatic rings. The first-order chi connectivity index (χ1) is 13.8. The first kappa shape index (κ1) is 22.7. The quantitative estimate of drug-likeness (QED) is 0.678. The van der Waals surface area contributed by atoms with Crippen LogP contribution in [-0.2, 0) is 14.3 Å². The molecule has 0 aliphatic carbocycles. The normalized spacial score (nSPS) is 15.7. The number of rotatable bonds is 8. The van der Waals surface area contributed by atoms with Gasteiger partial charge in [0.1, 0.15) is 18.4 Å². The topological polar surface area (TPSA) is 97.0 Å². The van der Waals surface area contributed by atoms with Crippen LogP contribution in [0, 0.1) is 5.92 Å². The summed E-state index contributed by atoms with van der Waals surface area (Å²) in [4.78, 5) is 39.3. The SMILES string of the molecule is COCC(=O)N1CCC([C@H](NC(=O)c2ccc(OC)cc2)C(=O)NC(C)C)CC1. The van der Waals surface area contributed by atoms with Crippen LogP contribution in [0.5, 0.6) is 5.75 Å². The highest BCUT2D eigenvalue weighted by Gasteiger charge is 2.34. The lowest BCUT2D eigenvalue weighted by atomic mass is 9.88. The van der Waals surface area contributed by atoms with Crippen molar-refractivity contribution in [3.8, 4) is 5.75 Å². The smallest absolute Gasteiger partial charge is 0.251 e. The molecule has 0 bridgehead atoms. The maximum Gasteiger partial charge on any atom is 0.251 e. The highest BCUT2D eigenvalue weighted by molar-refractivity contribution is 5.97. The third-order valence-corrected chi connectivity index (χ3v) is 4.98. The number of nitrogens with zero attached hydrogens (tertiary/aromatic N) is 1. The lowest BCUT2D eigenvalue weighted by Gasteiger charge is -2.36. The number of carbonyl (C=O) groups is 3. The summed E-state index contributed by atoms with van der Waals surface area (Å²) >= 11 is 0. The molecule has 0 radical (unpaired) electrons. The third kappa shape index (κ3) is 6.45. The average Bonchev–Trinajstić information content (AvgIpc) is 2.71. The molecule has 0 saturated carbocycles. The van der Waals surface area contributed by atoms with Gasteiger partial charge in [-0.3, -0.25) is 14.4 Å². The van der Waals surface area contributed by atoms with Crippen LogP contribution in [0.15, 0.2) is 24.3 Å². The third-order valence-electron chi connectivity index (χ3n) is 4.98. The Labute approximate surface area is 171 Å². The molecule has 1 atom stereocenters. The molecule has 0 unspecified atom stereocenters. The van der Waals surface area contributed by atoms with Gasteiger partial charge in [0.15, 0.2) is 0 Å². The van der Waals surface area contributed by atoms with E-state index in [1.165, 1.54) is 7.11 Å². The Morgan fingerprint density at radius 1 is 1.07 bits per heavy atom. The Bertz CT molecular complexity index is 697. The molecular formula is C21H31N3O5. The number of benzene rings is 1. The molecular weight excluding hydrogens is 374 g/mol. The minimum atomic E-state index is -0.660. The molecule has 1 fully saturated rings. The van der Waals surface area contributed by atoms with Gasteiger partial charge in [0.05, 0.1) is 7.11 Å². The summed E-state index contributed by atoms with van der Waals surface area (Å²) in [7, 11) is 3.05. The van der Waals surface area contributed by atoms with Gasteiger partial charge in [-0.2, -0.15) is 0 Å². The van der Waals surface area contributed by atoms with Crippen LogP contribution < -0.4 is 15.4 Å². The molecule has 3 amide bonds. The second kappa shape index (κ2) is 10.8. The molecule has 1 saturated heterocycles. The predicted molar refractivity (Wildman–Crippen MR) is 109 cm³/mol. The average molecular weight is 405 g/mol. The Morgan fingerprint density at radius 2 is 1.69 bits per heavy atom. The van der Waals surface area contributed by atoms with Crippen LogP contribution in [-0.4, -0.2) is 68.6 Å². The number of hydrogen-bond donors (Lipinski definition) is 2. The molecule has 0 spiro atoms. The van der Waals surface area contributed by atoms with Gasteiger partial charge in [0, 0.05) is 31.8 Å². The number of carbonyl (C=O) groups excluding carboxylic acids is 3. The van der Waals surface area contributed by atoms with Crippen LogP contribution in [0.3, 0.4) is 0 Å². The molecule has 8 nitrogen and oxygen atoms in total. The van der Waals surface area contributed by atoms with Crippen molar-refractivity contribution in [3.63, 3.8) is 0 Å². The minimum absolute atomic E-state index is 0.0359. The van der Waals surface area contributed by atoms with Gasteiger partial charge in [-0.1, -0.05) is 0 Å². The molecule has 0 aromatic heterocycles. The highest BCUT2D eigenvalue weighted by atomic mass is 16.5. The van der Waals surface area contributed by atoms with Gasteiger partial charge in [0.25, 0.3) is 5.91 Å². The molecule has 1 heterocycles. The van der Waals surface area contributed by atoms with Gasteiger partial charge in [-0.25, -0.2) is 0 Å². The second-order valence-electron chi connectivity index (χ2n) is 7.49. The van der Waals surface area contributed by atoms with E-state index < -0.39 is 6.04 Å². The zero-order valence-corrected chi connectivity index (χ0v) is 17.6. The number of hydrogen-bond acceptors (Lipinski definition) is 5. The zero-order chi connectivity index (χ0) is 21.4. The zero-order valence-electron chi connectivity index (χ0n) is 17.6. The van der Waals surface area contributed by atoms with Gasteiger partial charge in [0.2, 0.25) is 11.8 Å². The first-order valence-corrected chi connectivity index (χ1v) is 9.87. The van der Waals surface area contributed by atoms with E-state index in [0.717, 1.165) is 0 Å². The van der Waals surface area contributed by atoms with Crippen LogP contribution in [0.4, 0.5) is 0 Å². The number of methoxy groups -OCH3 is 2. The summed E-state index contributed by atoms with van der Waals surface area (Å²) in [5.41, 5.74) is 0.459. The lowest BCUT2D eigenvalue weighted by Crippen LogP contribution is -2.55. The predicted octanol–water partition coefficient (Wildman–Crippen LogP) is 1.20. The van der Waals surface area contributed by atoms with Crippen LogP contribution in [0.25, 0.3) is 0 Å². The summed E-state index contributed by atoms with van der Waals surface area (Å²) in [5.74, 6) is 0.0284. The number of likely N-dealkylation sites (tertiary alicyclic amines) is 1. The fourth-order valence-corrected chi connectivity index (χ4v) is 3.44. The molecule has 1 aliphatic heterocycles. The van der Waals surface area contributed by atoms with E-state index in [4.69, 9.17) is 9.47 Å². The van der Waals surface area contributed by atoms with Gasteiger partial charge in [-0.05, 0) is 56.9 Å². The molecule has 160 valence electrons. The van der Waals surface area contributed by atoms with E-state index in [-0.39, 0.29) is 36.3 Å². The summed E-state index contributed by atoms with van der Waals surface area (Å²) < 4.78 is 10.0. The van der Waals surface area contributed by atoms with E-state index in [1.807, 2.05) is 13.8 Å². The number of nitrogens with one attached hydrogen (secondary N) is 2. The van der Waals surface area contributed by atoms with Crippen molar-refractivity contribution in [3.05, 3.63) is 29.8 Å². The largest absolute Gasteiger partial charge is 0.497 e. The van der Waals surface area contributed by atoms with Gasteiger partial charge in [-0.15, -0.1) is 0 Å². The number of amides is 3. The van der Waals surface area contributed by atoms with Crippen molar-refractivity contribution in [2.24, 2.45) is 5.92 Å². The van der Waals surface area contributed by atoms with Crippen molar-refractivity contribution in [1.29, 1.82) is 0 Å². The maximum atomic E-state index is 12.8. The fraction of sp³-hybridized carbons (Fsp3) is 0.571. The van der Waals surface area contributed by atoms with Crippen LogP contribution in [0.1, 0.15) is 37.0 Å². The van der Waals surface area contributed by atoms with Crippen molar-refractivity contribution in [1.82, 2.24) is 15.5 Å². The minimum Gasteiger partial charge on any atom is -0.497 e. The van der Waals surface area contributed by atoms with Gasteiger partial charge >= 0.3 is 0 Å². The maximum absolute atomic E-state index is 12.8. The van der Waals surface area contributed by atoms with E-state index in [9.17, 15) is 14.4 Å². The molecule has 8 heteroatoms. The van der Waals surface area contributed by atoms with E-state index in [0.29, 0.717) is 37.2 Å². The van der Waals surface area contributed by atoms with E-state index in [1.54, 1.807) is 36.3 Å². The van der Waals surface area contributed by atoms with Crippen LogP contribution in [0.2, 0.25) is 0 Å². The van der Waals surface area contributed by atoms with E-state index in [2.05, 4.69) is 10.6 Å². The summed E-state index contributed by atoms with van der Waals surface area (Å²) in [5, 5.41) is 5.79. The highest BCUT2D eigenvalue weighted by Crippen LogP contribution is 2.22. The monoisotopic (exact) mass is 405 g/mol. The lowest BCUT2D eigenvalue weighted by molar-refractivity contribution is -0.136. The molecule has 2 N–H and O–H groups in total. The van der Waals surface area contributed by atoms with Crippen LogP contribution >= 0.6 is 0 Å². The second-order valence-corrected chi connectivity index (χ2v) is 7.49. The molecule has 1 aromatic carbocycles. The van der Waals surface area contributed by atoms with Crippen molar-refractivity contribution in [2.75, 3.05) is 33.9 Å². The Balaban J connectivity index is 2.08. The number of piperidine rings is 1.